The van der Waals surface area contributed by atoms with Crippen LogP contribution in [0.25, 0.3) is 120 Å². The van der Waals surface area contributed by atoms with Gasteiger partial charge in [-0.3, -0.25) is 0 Å². The number of hydrogen-bond donors (Lipinski definition) is 0. The summed E-state index contributed by atoms with van der Waals surface area (Å²) in [4.78, 5) is 2.48. The standard InChI is InChI=1S/C64H40N2S/c1-5-21-49-41(17-1)45(33-37-61(49)65-57-29-13-9-23-51(57)52-24-10-14-30-58(52)65)47-35-39-63(55-27-7-3-19-43(47)55)67-64-40-36-48(44-20-4-8-28-56(44)64)46-34-38-62(50-22-6-2-18-42(46)50)66-59-31-15-11-25-53(59)54-26-12-16-32-60(54)66/h1-40H. The molecule has 0 amide bonds. The van der Waals surface area contributed by atoms with E-state index in [-0.39, 0.29) is 0 Å². The summed E-state index contributed by atoms with van der Waals surface area (Å²) in [6, 6.07) is 89.4. The normalized spacial score (nSPS) is 11.9. The predicted octanol–water partition coefficient (Wildman–Crippen LogP) is 18.0. The van der Waals surface area contributed by atoms with E-state index in [0.717, 1.165) is 0 Å². The van der Waals surface area contributed by atoms with Crippen LogP contribution in [0.2, 0.25) is 0 Å². The summed E-state index contributed by atoms with van der Waals surface area (Å²) in [7, 11) is 0. The van der Waals surface area contributed by atoms with Gasteiger partial charge in [0, 0.05) is 42.1 Å². The van der Waals surface area contributed by atoms with Gasteiger partial charge < -0.3 is 9.13 Å². The molecule has 0 radical (unpaired) electrons. The Kier molecular flexibility index (Phi) is 8.55. The van der Waals surface area contributed by atoms with Gasteiger partial charge in [0.05, 0.1) is 33.4 Å². The third-order valence-corrected chi connectivity index (χ3v) is 15.2. The van der Waals surface area contributed by atoms with Crippen LogP contribution in [0.15, 0.2) is 252 Å². The molecule has 14 rings (SSSR count). The maximum absolute atomic E-state index is 2.44. The number of hydrogen-bond acceptors (Lipinski definition) is 1. The maximum Gasteiger partial charge on any atom is 0.0541 e. The van der Waals surface area contributed by atoms with Gasteiger partial charge in [-0.2, -0.15) is 0 Å². The van der Waals surface area contributed by atoms with Gasteiger partial charge in [0.1, 0.15) is 0 Å². The number of rotatable bonds is 6. The highest BCUT2D eigenvalue weighted by Crippen LogP contribution is 2.46. The molecule has 0 atom stereocenters. The van der Waals surface area contributed by atoms with Crippen molar-refractivity contribution >= 4 is 98.5 Å². The Morgan fingerprint density at radius 1 is 0.194 bits per heavy atom. The SMILES string of the molecule is c1ccc2c(-c3ccc(-n4c5ccccc5c5ccccc54)c4ccccc34)ccc(Sc3ccc(-c4ccc(-n5c6ccccc6c6ccccc65)c5ccccc45)c4ccccc34)c2c1. The summed E-state index contributed by atoms with van der Waals surface area (Å²) in [6.07, 6.45) is 0. The molecule has 3 heteroatoms. The van der Waals surface area contributed by atoms with E-state index in [1.807, 2.05) is 11.8 Å². The van der Waals surface area contributed by atoms with Crippen molar-refractivity contribution in [3.63, 3.8) is 0 Å². The Labute approximate surface area is 391 Å². The molecule has 2 nitrogen and oxygen atoms in total. The lowest BCUT2D eigenvalue weighted by Crippen LogP contribution is -1.96. The molecule has 0 unspecified atom stereocenters. The van der Waals surface area contributed by atoms with Crippen LogP contribution in [0.5, 0.6) is 0 Å². The van der Waals surface area contributed by atoms with Gasteiger partial charge in [-0.15, -0.1) is 0 Å². The van der Waals surface area contributed by atoms with Gasteiger partial charge in [-0.1, -0.05) is 206 Å². The van der Waals surface area contributed by atoms with Crippen LogP contribution in [0, 0.1) is 0 Å². The molecule has 67 heavy (non-hydrogen) atoms. The van der Waals surface area contributed by atoms with E-state index in [1.54, 1.807) is 0 Å². The van der Waals surface area contributed by atoms with Crippen molar-refractivity contribution in [2.75, 3.05) is 0 Å². The molecule has 12 aromatic carbocycles. The minimum absolute atomic E-state index is 1.19. The van der Waals surface area contributed by atoms with Crippen molar-refractivity contribution in [1.29, 1.82) is 0 Å². The van der Waals surface area contributed by atoms with Crippen molar-refractivity contribution in [2.24, 2.45) is 0 Å². The fourth-order valence-electron chi connectivity index (χ4n) is 11.1. The van der Waals surface area contributed by atoms with Crippen LogP contribution in [0.1, 0.15) is 0 Å². The Morgan fingerprint density at radius 2 is 0.433 bits per heavy atom. The Balaban J connectivity index is 0.876. The lowest BCUT2D eigenvalue weighted by Gasteiger charge is -2.18. The molecular weight excluding hydrogens is 829 g/mol. The lowest BCUT2D eigenvalue weighted by atomic mass is 9.93. The Hall–Kier alpha value is -8.37. The summed E-state index contributed by atoms with van der Waals surface area (Å²) in [5, 5.41) is 15.0. The molecule has 0 spiro atoms. The van der Waals surface area contributed by atoms with Gasteiger partial charge in [0.15, 0.2) is 0 Å². The number of fused-ring (bicyclic) bond motifs is 10. The minimum atomic E-state index is 1.19. The second-order valence-corrected chi connectivity index (χ2v) is 18.6. The highest BCUT2D eigenvalue weighted by atomic mass is 32.2. The second-order valence-electron chi connectivity index (χ2n) is 17.5. The number of para-hydroxylation sites is 4. The first-order chi connectivity index (χ1) is 33.3. The third kappa shape index (κ3) is 5.78. The number of benzene rings is 12. The van der Waals surface area contributed by atoms with Crippen molar-refractivity contribution in [1.82, 2.24) is 9.13 Å². The molecule has 2 aromatic heterocycles. The quantitative estimate of drug-likeness (QED) is 0.162. The predicted molar refractivity (Wildman–Crippen MR) is 287 cm³/mol. The third-order valence-electron chi connectivity index (χ3n) is 14.0. The summed E-state index contributed by atoms with van der Waals surface area (Å²) >= 11 is 1.86. The van der Waals surface area contributed by atoms with Gasteiger partial charge in [-0.25, -0.2) is 0 Å². The van der Waals surface area contributed by atoms with Crippen LogP contribution in [-0.4, -0.2) is 9.13 Å². The average Bonchev–Trinajstić information content (AvgIpc) is 3.91. The Morgan fingerprint density at radius 3 is 0.761 bits per heavy atom. The van der Waals surface area contributed by atoms with Crippen LogP contribution < -0.4 is 0 Å². The fourth-order valence-corrected chi connectivity index (χ4v) is 12.2. The van der Waals surface area contributed by atoms with Gasteiger partial charge in [0.2, 0.25) is 0 Å². The number of aromatic nitrogens is 2. The van der Waals surface area contributed by atoms with E-state index >= 15 is 0 Å². The van der Waals surface area contributed by atoms with E-state index in [9.17, 15) is 0 Å². The molecule has 0 fully saturated rings. The molecule has 0 N–H and O–H groups in total. The van der Waals surface area contributed by atoms with Crippen LogP contribution >= 0.6 is 11.8 Å². The summed E-state index contributed by atoms with van der Waals surface area (Å²) in [5.74, 6) is 0. The summed E-state index contributed by atoms with van der Waals surface area (Å²) in [5.41, 5.74) is 12.2. The van der Waals surface area contributed by atoms with E-state index in [4.69, 9.17) is 0 Å². The first-order valence-electron chi connectivity index (χ1n) is 23.0. The minimum Gasteiger partial charge on any atom is -0.309 e. The van der Waals surface area contributed by atoms with Crippen molar-refractivity contribution in [2.45, 2.75) is 9.79 Å². The monoisotopic (exact) mass is 868 g/mol. The molecule has 0 bridgehead atoms. The second kappa shape index (κ2) is 15.1. The zero-order chi connectivity index (χ0) is 44.0. The molecule has 0 aliphatic rings. The first kappa shape index (κ1) is 38.0. The topological polar surface area (TPSA) is 9.86 Å². The van der Waals surface area contributed by atoms with Crippen molar-refractivity contribution < 1.29 is 0 Å². The van der Waals surface area contributed by atoms with Crippen molar-refractivity contribution in [3.8, 4) is 33.6 Å². The fraction of sp³-hybridized carbons (Fsp3) is 0. The molecule has 0 aliphatic heterocycles. The molecule has 2 heterocycles. The molecule has 14 aromatic rings. The zero-order valence-corrected chi connectivity index (χ0v) is 37.2. The van der Waals surface area contributed by atoms with E-state index in [1.165, 1.54) is 130 Å². The maximum atomic E-state index is 2.44. The van der Waals surface area contributed by atoms with Gasteiger partial charge in [0.25, 0.3) is 0 Å². The molecule has 0 aliphatic carbocycles. The molecule has 0 saturated heterocycles. The van der Waals surface area contributed by atoms with Gasteiger partial charge in [-0.05, 0) is 103 Å². The van der Waals surface area contributed by atoms with Crippen LogP contribution in [0.4, 0.5) is 0 Å². The Bertz CT molecular complexity index is 3940. The molecular formula is C64H40N2S. The lowest BCUT2D eigenvalue weighted by molar-refractivity contribution is 1.20. The largest absolute Gasteiger partial charge is 0.309 e. The van der Waals surface area contributed by atoms with E-state index in [2.05, 4.69) is 252 Å². The highest BCUT2D eigenvalue weighted by Gasteiger charge is 2.20. The zero-order valence-electron chi connectivity index (χ0n) is 36.4. The van der Waals surface area contributed by atoms with E-state index in [0.29, 0.717) is 0 Å². The van der Waals surface area contributed by atoms with Crippen LogP contribution in [-0.2, 0) is 0 Å². The smallest absolute Gasteiger partial charge is 0.0541 e. The van der Waals surface area contributed by atoms with E-state index < -0.39 is 0 Å². The summed E-state index contributed by atoms with van der Waals surface area (Å²) < 4.78 is 4.88. The van der Waals surface area contributed by atoms with Crippen LogP contribution in [0.3, 0.4) is 0 Å². The first-order valence-corrected chi connectivity index (χ1v) is 23.8. The molecule has 312 valence electrons. The molecule has 0 saturated carbocycles. The highest BCUT2D eigenvalue weighted by molar-refractivity contribution is 7.99. The average molecular weight is 869 g/mol. The number of nitrogens with zero attached hydrogens (tertiary/aromatic N) is 2. The van der Waals surface area contributed by atoms with Gasteiger partial charge >= 0.3 is 0 Å². The van der Waals surface area contributed by atoms with Crippen molar-refractivity contribution in [3.05, 3.63) is 243 Å². The summed E-state index contributed by atoms with van der Waals surface area (Å²) in [6.45, 7) is 0.